The van der Waals surface area contributed by atoms with Crippen molar-refractivity contribution in [2.45, 2.75) is 13.5 Å². The number of aliphatic hydroxyl groups excluding tert-OH is 1. The summed E-state index contributed by atoms with van der Waals surface area (Å²) in [5.41, 5.74) is 0.635. The van der Waals surface area contributed by atoms with Crippen molar-refractivity contribution < 1.29 is 14.3 Å². The predicted molar refractivity (Wildman–Crippen MR) is 90.3 cm³/mol. The summed E-state index contributed by atoms with van der Waals surface area (Å²) in [6, 6.07) is 8.08. The maximum atomic E-state index is 12.4. The maximum absolute atomic E-state index is 12.4. The average molecular weight is 345 g/mol. The van der Waals surface area contributed by atoms with Gasteiger partial charge in [0, 0.05) is 17.1 Å². The van der Waals surface area contributed by atoms with E-state index in [2.05, 4.69) is 10.3 Å². The van der Waals surface area contributed by atoms with Gasteiger partial charge >= 0.3 is 5.63 Å². The second-order valence-electron chi connectivity index (χ2n) is 5.15. The van der Waals surface area contributed by atoms with Crippen molar-refractivity contribution in [3.63, 3.8) is 0 Å². The van der Waals surface area contributed by atoms with Crippen LogP contribution in [0.4, 0.5) is 5.69 Å². The zero-order valence-electron chi connectivity index (χ0n) is 12.7. The fraction of sp³-hybridized carbons (Fsp3) is 0.118. The molecule has 0 atom stereocenters. The highest BCUT2D eigenvalue weighted by atomic mass is 35.5. The third-order valence-corrected chi connectivity index (χ3v) is 3.90. The molecule has 2 heterocycles. The molecule has 3 aromatic rings. The molecule has 0 bridgehead atoms. The average Bonchev–Trinajstić information content (AvgIpc) is 2.57. The number of fused-ring (bicyclic) bond motifs is 1. The molecule has 2 aromatic heterocycles. The molecule has 1 aromatic carbocycles. The molecule has 0 aliphatic carbocycles. The third-order valence-electron chi connectivity index (χ3n) is 3.57. The number of pyridine rings is 1. The molecule has 1 amide bonds. The highest BCUT2D eigenvalue weighted by Gasteiger charge is 2.17. The fourth-order valence-electron chi connectivity index (χ4n) is 2.32. The van der Waals surface area contributed by atoms with E-state index in [-0.39, 0.29) is 17.8 Å². The van der Waals surface area contributed by atoms with Gasteiger partial charge in [-0.1, -0.05) is 23.7 Å². The van der Waals surface area contributed by atoms with Gasteiger partial charge in [-0.3, -0.25) is 9.78 Å². The lowest BCUT2D eigenvalue weighted by Gasteiger charge is -2.09. The third kappa shape index (κ3) is 2.89. The Morgan fingerprint density at radius 3 is 2.83 bits per heavy atom. The summed E-state index contributed by atoms with van der Waals surface area (Å²) < 4.78 is 5.23. The number of nitrogens with zero attached hydrogens (tertiary/aromatic N) is 1. The number of aryl methyl sites for hydroxylation is 1. The van der Waals surface area contributed by atoms with Crippen LogP contribution >= 0.6 is 11.6 Å². The number of hydrogen-bond acceptors (Lipinski definition) is 5. The zero-order chi connectivity index (χ0) is 17.3. The molecule has 6 nitrogen and oxygen atoms in total. The topological polar surface area (TPSA) is 92.4 Å². The first-order chi connectivity index (χ1) is 11.5. The molecular weight excluding hydrogens is 332 g/mol. The van der Waals surface area contributed by atoms with Crippen molar-refractivity contribution in [2.75, 3.05) is 5.32 Å². The van der Waals surface area contributed by atoms with E-state index in [9.17, 15) is 14.7 Å². The SMILES string of the molecule is Cc1ncc(CO)c2cc(C(=O)Nc3ccccc3Cl)c(=O)oc12. The molecule has 0 saturated carbocycles. The molecule has 0 aliphatic rings. The summed E-state index contributed by atoms with van der Waals surface area (Å²) in [6.45, 7) is 1.39. The van der Waals surface area contributed by atoms with Crippen LogP contribution in [-0.2, 0) is 6.61 Å². The van der Waals surface area contributed by atoms with Gasteiger partial charge in [-0.15, -0.1) is 0 Å². The molecule has 0 radical (unpaired) electrons. The van der Waals surface area contributed by atoms with Crippen LogP contribution in [0, 0.1) is 6.92 Å². The summed E-state index contributed by atoms with van der Waals surface area (Å²) in [6.07, 6.45) is 1.48. The molecule has 7 heteroatoms. The summed E-state index contributed by atoms with van der Waals surface area (Å²) in [4.78, 5) is 28.6. The van der Waals surface area contributed by atoms with Crippen molar-refractivity contribution in [3.8, 4) is 0 Å². The van der Waals surface area contributed by atoms with Gasteiger partial charge in [0.2, 0.25) is 0 Å². The minimum absolute atomic E-state index is 0.178. The Morgan fingerprint density at radius 2 is 2.12 bits per heavy atom. The monoisotopic (exact) mass is 344 g/mol. The molecule has 0 unspecified atom stereocenters. The van der Waals surface area contributed by atoms with Crippen LogP contribution in [0.1, 0.15) is 21.6 Å². The number of aromatic nitrogens is 1. The molecule has 2 N–H and O–H groups in total. The van der Waals surface area contributed by atoms with Gasteiger partial charge in [-0.2, -0.15) is 0 Å². The minimum Gasteiger partial charge on any atom is -0.420 e. The first kappa shape index (κ1) is 16.2. The number of anilines is 1. The molecule has 3 rings (SSSR count). The molecule has 0 spiro atoms. The molecule has 24 heavy (non-hydrogen) atoms. The van der Waals surface area contributed by atoms with E-state index in [1.54, 1.807) is 31.2 Å². The van der Waals surface area contributed by atoms with Crippen molar-refractivity contribution in [2.24, 2.45) is 0 Å². The normalized spacial score (nSPS) is 10.8. The lowest BCUT2D eigenvalue weighted by atomic mass is 10.1. The Kier molecular flexibility index (Phi) is 4.33. The number of para-hydroxylation sites is 1. The van der Waals surface area contributed by atoms with Crippen molar-refractivity contribution in [1.29, 1.82) is 0 Å². The summed E-state index contributed by atoms with van der Waals surface area (Å²) >= 11 is 6.00. The molecule has 0 aliphatic heterocycles. The molecular formula is C17H13ClN2O4. The number of amides is 1. The highest BCUT2D eigenvalue weighted by Crippen LogP contribution is 2.23. The number of hydrogen-bond donors (Lipinski definition) is 2. The van der Waals surface area contributed by atoms with E-state index >= 15 is 0 Å². The quantitative estimate of drug-likeness (QED) is 0.762. The fourth-order valence-corrected chi connectivity index (χ4v) is 2.50. The van der Waals surface area contributed by atoms with Crippen molar-refractivity contribution in [1.82, 2.24) is 4.98 Å². The minimum atomic E-state index is -0.785. The standard InChI is InChI=1S/C17H13ClN2O4/c1-9-15-11(10(8-21)7-19-9)6-12(17(23)24-15)16(22)20-14-5-3-2-4-13(14)18/h2-7,21H,8H2,1H3,(H,20,22). The maximum Gasteiger partial charge on any atom is 0.349 e. The van der Waals surface area contributed by atoms with Crippen LogP contribution in [0.15, 0.2) is 45.7 Å². The number of nitrogens with one attached hydrogen (secondary N) is 1. The first-order valence-electron chi connectivity index (χ1n) is 7.10. The number of carbonyl (C=O) groups is 1. The predicted octanol–water partition coefficient (Wildman–Crippen LogP) is 2.89. The number of carbonyl (C=O) groups excluding carboxylic acids is 1. The van der Waals surface area contributed by atoms with Gasteiger partial charge in [-0.25, -0.2) is 4.79 Å². The van der Waals surface area contributed by atoms with E-state index in [4.69, 9.17) is 16.0 Å². The Hall–Kier alpha value is -2.70. The molecule has 0 saturated heterocycles. The van der Waals surface area contributed by atoms with E-state index in [1.807, 2.05) is 0 Å². The number of halogens is 1. The van der Waals surface area contributed by atoms with Gasteiger partial charge in [0.25, 0.3) is 5.91 Å². The molecule has 0 fully saturated rings. The lowest BCUT2D eigenvalue weighted by molar-refractivity contribution is 0.102. The zero-order valence-corrected chi connectivity index (χ0v) is 13.4. The second-order valence-corrected chi connectivity index (χ2v) is 5.56. The summed E-state index contributed by atoms with van der Waals surface area (Å²) in [5.74, 6) is -0.642. The second kappa shape index (κ2) is 6.43. The van der Waals surface area contributed by atoms with Crippen LogP contribution in [-0.4, -0.2) is 16.0 Å². The van der Waals surface area contributed by atoms with E-state index in [0.717, 1.165) is 0 Å². The number of rotatable bonds is 3. The van der Waals surface area contributed by atoms with E-state index in [1.165, 1.54) is 12.3 Å². The lowest BCUT2D eigenvalue weighted by Crippen LogP contribution is -2.21. The van der Waals surface area contributed by atoms with Crippen LogP contribution in [0.25, 0.3) is 11.0 Å². The summed E-state index contributed by atoms with van der Waals surface area (Å²) in [5, 5.41) is 12.8. The van der Waals surface area contributed by atoms with E-state index in [0.29, 0.717) is 27.4 Å². The van der Waals surface area contributed by atoms with Gasteiger partial charge in [0.1, 0.15) is 5.56 Å². The molecule has 122 valence electrons. The van der Waals surface area contributed by atoms with Gasteiger partial charge in [0.15, 0.2) is 5.58 Å². The first-order valence-corrected chi connectivity index (χ1v) is 7.48. The Balaban J connectivity index is 2.09. The van der Waals surface area contributed by atoms with Gasteiger partial charge < -0.3 is 14.8 Å². The van der Waals surface area contributed by atoms with Crippen LogP contribution in [0.3, 0.4) is 0 Å². The van der Waals surface area contributed by atoms with Gasteiger partial charge in [-0.05, 0) is 25.1 Å². The van der Waals surface area contributed by atoms with E-state index < -0.39 is 11.5 Å². The van der Waals surface area contributed by atoms with Gasteiger partial charge in [0.05, 0.1) is 23.0 Å². The van der Waals surface area contributed by atoms with Crippen LogP contribution in [0.2, 0.25) is 5.02 Å². The Bertz CT molecular complexity index is 998. The highest BCUT2D eigenvalue weighted by molar-refractivity contribution is 6.33. The Labute approximate surface area is 141 Å². The van der Waals surface area contributed by atoms with Crippen LogP contribution in [0.5, 0.6) is 0 Å². The van der Waals surface area contributed by atoms with Crippen molar-refractivity contribution in [3.05, 3.63) is 68.8 Å². The number of aliphatic hydroxyl groups is 1. The van der Waals surface area contributed by atoms with Crippen LogP contribution < -0.4 is 10.9 Å². The largest absolute Gasteiger partial charge is 0.420 e. The Morgan fingerprint density at radius 1 is 1.38 bits per heavy atom. The summed E-state index contributed by atoms with van der Waals surface area (Å²) in [7, 11) is 0. The smallest absolute Gasteiger partial charge is 0.349 e. The number of benzene rings is 1. The van der Waals surface area contributed by atoms with Crippen molar-refractivity contribution >= 4 is 34.2 Å².